The summed E-state index contributed by atoms with van der Waals surface area (Å²) in [4.78, 5) is 10.4. The third-order valence-electron chi connectivity index (χ3n) is 5.39. The van der Waals surface area contributed by atoms with Crippen LogP contribution >= 0.6 is 0 Å². The molecule has 0 saturated carbocycles. The fraction of sp³-hybridized carbons (Fsp3) is 0.792. The van der Waals surface area contributed by atoms with Crippen LogP contribution in [0.1, 0.15) is 120 Å². The van der Waals surface area contributed by atoms with Gasteiger partial charge < -0.3 is 9.52 Å². The number of hydrogen-bond acceptors (Lipinski definition) is 2. The zero-order chi connectivity index (χ0) is 19.7. The SMILES string of the molecule is CCCCCCc1oc(CCCCCCCCCCCCC(=O)O)cc1C. The second-order valence-corrected chi connectivity index (χ2v) is 8.06. The third-order valence-corrected chi connectivity index (χ3v) is 5.39. The summed E-state index contributed by atoms with van der Waals surface area (Å²) in [5, 5.41) is 8.59. The Kier molecular flexibility index (Phi) is 13.9. The van der Waals surface area contributed by atoms with Gasteiger partial charge in [-0.15, -0.1) is 0 Å². The first-order valence-electron chi connectivity index (χ1n) is 11.4. The van der Waals surface area contributed by atoms with Gasteiger partial charge in [0.2, 0.25) is 0 Å². The van der Waals surface area contributed by atoms with E-state index in [1.54, 1.807) is 0 Å². The molecule has 1 N–H and O–H groups in total. The lowest BCUT2D eigenvalue weighted by molar-refractivity contribution is -0.137. The predicted molar refractivity (Wildman–Crippen MR) is 113 cm³/mol. The molecule has 0 aliphatic rings. The first-order chi connectivity index (χ1) is 13.1. The standard InChI is InChI=1S/C24H42O3/c1-3-4-5-15-18-23-21(2)20-22(27-23)17-14-12-10-8-6-7-9-11-13-16-19-24(25)26/h20H,3-19H2,1-2H3,(H,25,26). The fourth-order valence-corrected chi connectivity index (χ4v) is 3.66. The minimum Gasteiger partial charge on any atom is -0.481 e. The Balaban J connectivity index is 1.95. The van der Waals surface area contributed by atoms with Crippen molar-refractivity contribution in [3.05, 3.63) is 23.2 Å². The summed E-state index contributed by atoms with van der Waals surface area (Å²) < 4.78 is 6.06. The van der Waals surface area contributed by atoms with E-state index in [0.29, 0.717) is 6.42 Å². The van der Waals surface area contributed by atoms with Gasteiger partial charge >= 0.3 is 5.97 Å². The van der Waals surface area contributed by atoms with Gasteiger partial charge in [0, 0.05) is 19.3 Å². The van der Waals surface area contributed by atoms with E-state index >= 15 is 0 Å². The molecular weight excluding hydrogens is 336 g/mol. The largest absolute Gasteiger partial charge is 0.481 e. The van der Waals surface area contributed by atoms with Crippen molar-refractivity contribution >= 4 is 5.97 Å². The Labute approximate surface area is 166 Å². The van der Waals surface area contributed by atoms with E-state index in [1.807, 2.05) is 0 Å². The molecule has 0 aliphatic heterocycles. The summed E-state index contributed by atoms with van der Waals surface area (Å²) in [6.45, 7) is 4.44. The molecule has 0 spiro atoms. The lowest BCUT2D eigenvalue weighted by atomic mass is 10.0. The van der Waals surface area contributed by atoms with Crippen LogP contribution in [0.2, 0.25) is 0 Å². The third kappa shape index (κ3) is 12.7. The molecule has 1 aromatic rings. The molecule has 1 rings (SSSR count). The maximum absolute atomic E-state index is 10.4. The number of aryl methyl sites for hydroxylation is 3. The quantitative estimate of drug-likeness (QED) is 0.267. The predicted octanol–water partition coefficient (Wildman–Crippen LogP) is 7.63. The number of unbranched alkanes of at least 4 members (excludes halogenated alkanes) is 12. The number of furan rings is 1. The Morgan fingerprint density at radius 2 is 1.33 bits per heavy atom. The monoisotopic (exact) mass is 378 g/mol. The molecule has 156 valence electrons. The minimum atomic E-state index is -0.664. The van der Waals surface area contributed by atoms with E-state index in [9.17, 15) is 4.79 Å². The van der Waals surface area contributed by atoms with Crippen LogP contribution in [0.5, 0.6) is 0 Å². The highest BCUT2D eigenvalue weighted by Crippen LogP contribution is 2.20. The molecule has 3 nitrogen and oxygen atoms in total. The van der Waals surface area contributed by atoms with Gasteiger partial charge in [-0.1, -0.05) is 77.6 Å². The average molecular weight is 379 g/mol. The second kappa shape index (κ2) is 15.8. The van der Waals surface area contributed by atoms with Crippen LogP contribution in [-0.2, 0) is 17.6 Å². The van der Waals surface area contributed by atoms with E-state index in [-0.39, 0.29) is 0 Å². The van der Waals surface area contributed by atoms with Crippen molar-refractivity contribution < 1.29 is 14.3 Å². The molecule has 0 amide bonds. The van der Waals surface area contributed by atoms with Gasteiger partial charge in [-0.05, 0) is 37.8 Å². The maximum Gasteiger partial charge on any atom is 0.303 e. The van der Waals surface area contributed by atoms with Crippen LogP contribution < -0.4 is 0 Å². The molecule has 0 unspecified atom stereocenters. The molecule has 0 atom stereocenters. The zero-order valence-electron chi connectivity index (χ0n) is 17.9. The van der Waals surface area contributed by atoms with Crippen LogP contribution in [0.3, 0.4) is 0 Å². The molecule has 0 saturated heterocycles. The van der Waals surface area contributed by atoms with Crippen LogP contribution in [-0.4, -0.2) is 11.1 Å². The van der Waals surface area contributed by atoms with E-state index in [2.05, 4.69) is 19.9 Å². The van der Waals surface area contributed by atoms with Crippen LogP contribution in [0.4, 0.5) is 0 Å². The lowest BCUT2D eigenvalue weighted by Gasteiger charge is -2.02. The van der Waals surface area contributed by atoms with Gasteiger partial charge in [-0.3, -0.25) is 4.79 Å². The summed E-state index contributed by atoms with van der Waals surface area (Å²) in [7, 11) is 0. The fourth-order valence-electron chi connectivity index (χ4n) is 3.66. The van der Waals surface area contributed by atoms with Gasteiger partial charge in [0.05, 0.1) is 0 Å². The van der Waals surface area contributed by atoms with Gasteiger partial charge in [-0.2, -0.15) is 0 Å². The first-order valence-corrected chi connectivity index (χ1v) is 11.4. The minimum absolute atomic E-state index is 0.329. The highest BCUT2D eigenvalue weighted by molar-refractivity contribution is 5.66. The summed E-state index contributed by atoms with van der Waals surface area (Å²) in [6, 6.07) is 2.25. The molecule has 0 radical (unpaired) electrons. The smallest absolute Gasteiger partial charge is 0.303 e. The number of hydrogen-bond donors (Lipinski definition) is 1. The van der Waals surface area contributed by atoms with Crippen molar-refractivity contribution in [3.63, 3.8) is 0 Å². The molecule has 3 heteroatoms. The second-order valence-electron chi connectivity index (χ2n) is 8.06. The Morgan fingerprint density at radius 3 is 1.93 bits per heavy atom. The van der Waals surface area contributed by atoms with Crippen LogP contribution in [0, 0.1) is 6.92 Å². The van der Waals surface area contributed by atoms with Gasteiger partial charge in [0.1, 0.15) is 11.5 Å². The number of carboxylic acid groups (broad SMARTS) is 1. The van der Waals surface area contributed by atoms with Crippen molar-refractivity contribution in [1.82, 2.24) is 0 Å². The van der Waals surface area contributed by atoms with Crippen molar-refractivity contribution in [2.45, 2.75) is 123 Å². The van der Waals surface area contributed by atoms with Crippen molar-refractivity contribution in [3.8, 4) is 0 Å². The molecule has 1 aromatic heterocycles. The van der Waals surface area contributed by atoms with Gasteiger partial charge in [0.25, 0.3) is 0 Å². The number of rotatable bonds is 18. The van der Waals surface area contributed by atoms with Crippen LogP contribution in [0.15, 0.2) is 10.5 Å². The molecule has 27 heavy (non-hydrogen) atoms. The average Bonchev–Trinajstić information content (AvgIpc) is 2.99. The van der Waals surface area contributed by atoms with Crippen molar-refractivity contribution in [2.24, 2.45) is 0 Å². The lowest BCUT2D eigenvalue weighted by Crippen LogP contribution is -1.93. The van der Waals surface area contributed by atoms with E-state index < -0.39 is 5.97 Å². The summed E-state index contributed by atoms with van der Waals surface area (Å²) in [5.74, 6) is 1.73. The topological polar surface area (TPSA) is 50.4 Å². The van der Waals surface area contributed by atoms with E-state index in [0.717, 1.165) is 25.7 Å². The molecule has 1 heterocycles. The van der Waals surface area contributed by atoms with Gasteiger partial charge in [-0.25, -0.2) is 0 Å². The molecule has 0 aromatic carbocycles. The zero-order valence-corrected chi connectivity index (χ0v) is 17.9. The molecule has 0 bridgehead atoms. The van der Waals surface area contributed by atoms with E-state index in [1.165, 1.54) is 94.1 Å². The Morgan fingerprint density at radius 1 is 0.815 bits per heavy atom. The van der Waals surface area contributed by atoms with Crippen molar-refractivity contribution in [1.29, 1.82) is 0 Å². The molecule has 0 fully saturated rings. The number of aliphatic carboxylic acids is 1. The highest BCUT2D eigenvalue weighted by Gasteiger charge is 2.07. The summed E-state index contributed by atoms with van der Waals surface area (Å²) in [5.41, 5.74) is 1.34. The van der Waals surface area contributed by atoms with Crippen molar-refractivity contribution in [2.75, 3.05) is 0 Å². The molecule has 0 aliphatic carbocycles. The number of carboxylic acids is 1. The maximum atomic E-state index is 10.4. The number of carbonyl (C=O) groups is 1. The summed E-state index contributed by atoms with van der Waals surface area (Å²) >= 11 is 0. The summed E-state index contributed by atoms with van der Waals surface area (Å²) in [6.07, 6.45) is 19.8. The normalized spacial score (nSPS) is 11.2. The Bertz CT molecular complexity index is 490. The van der Waals surface area contributed by atoms with Crippen LogP contribution in [0.25, 0.3) is 0 Å². The molecular formula is C24H42O3. The Hall–Kier alpha value is -1.25. The highest BCUT2D eigenvalue weighted by atomic mass is 16.4. The first kappa shape index (κ1) is 23.8. The van der Waals surface area contributed by atoms with Gasteiger partial charge in [0.15, 0.2) is 0 Å². The van der Waals surface area contributed by atoms with E-state index in [4.69, 9.17) is 9.52 Å².